The second kappa shape index (κ2) is 28.4. The number of H-pyrrole nitrogens is 3. The van der Waals surface area contributed by atoms with Gasteiger partial charge in [-0.05, 0) is 71.3 Å². The van der Waals surface area contributed by atoms with Gasteiger partial charge >= 0.3 is 28.7 Å². The van der Waals surface area contributed by atoms with Gasteiger partial charge in [0.05, 0.1) is 25.9 Å². The number of aliphatic hydroxyl groups excluding tert-OH is 3. The highest BCUT2D eigenvalue weighted by Gasteiger charge is 2.25. The summed E-state index contributed by atoms with van der Waals surface area (Å²) in [6.07, 6.45) is 20.3. The van der Waals surface area contributed by atoms with E-state index in [0.717, 1.165) is 19.3 Å². The van der Waals surface area contributed by atoms with Crippen LogP contribution in [0.4, 0.5) is 5.82 Å². The van der Waals surface area contributed by atoms with E-state index in [1.807, 2.05) is 26.0 Å². The Morgan fingerprint density at radius 3 is 1.15 bits per heavy atom. The lowest BCUT2D eigenvalue weighted by Crippen LogP contribution is -2.33. The van der Waals surface area contributed by atoms with Crippen molar-refractivity contribution in [2.45, 2.75) is 138 Å². The maximum absolute atomic E-state index is 11.6. The molecule has 8 N–H and O–H groups in total. The number of hydrogen-bond donors (Lipinski definition) is 7. The minimum absolute atomic E-state index is 0. The van der Waals surface area contributed by atoms with E-state index in [0.29, 0.717) is 28.7 Å². The maximum Gasteiger partial charge on any atom is 0.351 e. The average Bonchev–Trinajstić information content (AvgIpc) is 4.23. The number of nitrogens with zero attached hydrogens (tertiary/aromatic N) is 5. The van der Waals surface area contributed by atoms with Gasteiger partial charge in [0.2, 0.25) is 0 Å². The van der Waals surface area contributed by atoms with Crippen LogP contribution in [0.5, 0.6) is 0 Å². The molecule has 4 aromatic heterocycles. The lowest BCUT2D eigenvalue weighted by atomic mass is 10.2. The van der Waals surface area contributed by atoms with Crippen LogP contribution in [0.1, 0.15) is 102 Å². The summed E-state index contributed by atoms with van der Waals surface area (Å²) in [6.45, 7) is 10.3. The Labute approximate surface area is 424 Å². The molecule has 0 aliphatic carbocycles. The van der Waals surface area contributed by atoms with Crippen molar-refractivity contribution in [3.05, 3.63) is 169 Å². The van der Waals surface area contributed by atoms with Crippen LogP contribution in [-0.4, -0.2) is 110 Å². The summed E-state index contributed by atoms with van der Waals surface area (Å²) >= 11 is 0. The average molecular weight is 1040 g/mol. The van der Waals surface area contributed by atoms with E-state index in [1.54, 1.807) is 70.3 Å². The molecule has 0 unspecified atom stereocenters. The first kappa shape index (κ1) is 61.2. The Bertz CT molecular complexity index is 2840. The summed E-state index contributed by atoms with van der Waals surface area (Å²) in [5.74, 6) is 0.193. The Morgan fingerprint density at radius 1 is 0.527 bits per heavy atom. The maximum atomic E-state index is 11.6. The molecule has 74 heavy (non-hydrogen) atoms. The fourth-order valence-corrected chi connectivity index (χ4v) is 7.09. The predicted octanol–water partition coefficient (Wildman–Crippen LogP) is 1.24. The number of aliphatic hydroxyl groups is 3. The van der Waals surface area contributed by atoms with Crippen molar-refractivity contribution in [1.29, 1.82) is 0 Å². The Morgan fingerprint density at radius 2 is 0.865 bits per heavy atom. The lowest BCUT2D eigenvalue weighted by Gasteiger charge is -2.15. The predicted molar refractivity (Wildman–Crippen MR) is 272 cm³/mol. The van der Waals surface area contributed by atoms with Gasteiger partial charge in [0.15, 0.2) is 24.9 Å². The number of carbonyl (C=O) groups excluding carboxylic acids is 1. The summed E-state index contributed by atoms with van der Waals surface area (Å²) in [5, 5.41) is 26.7. The zero-order valence-corrected chi connectivity index (χ0v) is 40.5. The third-order valence-electron chi connectivity index (χ3n) is 11.3. The third kappa shape index (κ3) is 16.2. The van der Waals surface area contributed by atoms with Crippen molar-refractivity contribution in [2.75, 3.05) is 25.6 Å². The number of rotatable bonds is 9. The molecular weight excluding hydrogens is 971 g/mol. The van der Waals surface area contributed by atoms with Crippen LogP contribution in [-0.2, 0) is 28.5 Å². The first-order valence-electron chi connectivity index (χ1n) is 23.0. The van der Waals surface area contributed by atoms with Crippen molar-refractivity contribution in [3.8, 4) is 0 Å². The highest BCUT2D eigenvalue weighted by molar-refractivity contribution is 5.71. The van der Waals surface area contributed by atoms with Crippen LogP contribution in [0.15, 0.2) is 107 Å². The van der Waals surface area contributed by atoms with Crippen LogP contribution in [0.25, 0.3) is 0 Å². The Hall–Kier alpha value is -7.13. The molecule has 9 heterocycles. The van der Waals surface area contributed by atoms with Gasteiger partial charge in [0.25, 0.3) is 16.7 Å². The van der Waals surface area contributed by atoms with E-state index >= 15 is 0 Å². The molecule has 1 saturated heterocycles. The summed E-state index contributed by atoms with van der Waals surface area (Å²) in [5.41, 5.74) is 4.49. The molecule has 5 aliphatic rings. The van der Waals surface area contributed by atoms with Gasteiger partial charge in [-0.3, -0.25) is 52.4 Å². The van der Waals surface area contributed by atoms with Crippen molar-refractivity contribution in [1.82, 2.24) is 38.2 Å². The van der Waals surface area contributed by atoms with E-state index in [1.165, 1.54) is 36.9 Å². The van der Waals surface area contributed by atoms with Crippen molar-refractivity contribution in [2.24, 2.45) is 0 Å². The first-order chi connectivity index (χ1) is 34.3. The molecule has 9 rings (SSSR count). The van der Waals surface area contributed by atoms with E-state index in [-0.39, 0.29) is 70.3 Å². The molecule has 0 radical (unpaired) electrons. The molecule has 9 atom stereocenters. The van der Waals surface area contributed by atoms with E-state index in [9.17, 15) is 38.4 Å². The van der Waals surface area contributed by atoms with Crippen LogP contribution in [0, 0.1) is 27.7 Å². The number of hydrogen-bond acceptors (Lipinski definition) is 18. The fraction of sp³-hybridized carbons (Fsp3) is 0.490. The highest BCUT2D eigenvalue weighted by atomic mass is 16.6. The van der Waals surface area contributed by atoms with E-state index in [2.05, 4.69) is 19.9 Å². The Kier molecular flexibility index (Phi) is 23.4. The number of aromatic nitrogens is 8. The van der Waals surface area contributed by atoms with Crippen molar-refractivity contribution in [3.63, 3.8) is 0 Å². The number of nitrogens with one attached hydrogen (secondary N) is 3. The normalized spacial score (nSPS) is 23.7. The lowest BCUT2D eigenvalue weighted by molar-refractivity contribution is -0.141. The zero-order valence-electron chi connectivity index (χ0n) is 40.5. The van der Waals surface area contributed by atoms with Gasteiger partial charge in [-0.25, -0.2) is 19.2 Å². The quantitative estimate of drug-likeness (QED) is 0.0916. The highest BCUT2D eigenvalue weighted by Crippen LogP contribution is 2.23. The van der Waals surface area contributed by atoms with Gasteiger partial charge in [0, 0.05) is 53.5 Å². The molecular formula is C49H69N9O16. The molecule has 5 aliphatic heterocycles. The smallest absolute Gasteiger partial charge is 0.351 e. The summed E-state index contributed by atoms with van der Waals surface area (Å²) < 4.78 is 31.9. The number of aryl methyl sites for hydroxylation is 4. The molecule has 0 amide bonds. The third-order valence-corrected chi connectivity index (χ3v) is 11.3. The van der Waals surface area contributed by atoms with E-state index < -0.39 is 71.0 Å². The molecule has 0 bridgehead atoms. The van der Waals surface area contributed by atoms with Crippen LogP contribution in [0.2, 0.25) is 0 Å². The molecule has 0 aromatic carbocycles. The standard InChI is InChI=1S/C11H14N2O3.C10H13N3O3.2C10H12N2O4.C6H10O2.2CH4/c1-3-8-4-5-9(16-8)13-6-7(2)10(14)12-11(13)15;1-6-4-13(10(15)12-9(6)11)8-3-2-7(5-14)16-8;2*1-6-4-12(10(15)11-9(6)14)8-3-2-7(5-13)16-8;1-2-5-3-4-6(7)8-5;;/h4-6,8-9H,3H2,1-2H3,(H,12,14,15);2-4,7-8,14H,5H2,1H3,(H2,11,12,15);2*2-4,7-8,13H,5H2,1H3,(H,11,14,15);5H,2-4H2,1H3;2*1H4/t8-,9-;3*7-,8+;5-;;/m11100../s1. The monoisotopic (exact) mass is 1040 g/mol. The number of ether oxygens (including phenoxy) is 5. The summed E-state index contributed by atoms with van der Waals surface area (Å²) in [7, 11) is 0. The molecule has 0 spiro atoms. The number of cyclic esters (lactones) is 1. The number of nitrogen functional groups attached to an aromatic ring is 1. The number of anilines is 1. The van der Waals surface area contributed by atoms with Crippen molar-refractivity contribution < 1.29 is 43.8 Å². The van der Waals surface area contributed by atoms with Crippen LogP contribution in [0.3, 0.4) is 0 Å². The van der Waals surface area contributed by atoms with Crippen molar-refractivity contribution >= 4 is 11.8 Å². The second-order valence-corrected chi connectivity index (χ2v) is 16.7. The SMILES string of the molecule is C.C.CC[C@@H]1C=C[C@H](n2cc(C)c(=O)[nH]c2=O)O1.CC[C@H]1CCC(=O)O1.Cc1cn([C@@H]2C=C[C@H](CO)O2)c(=O)[nH]c1=O.Cc1cn([C@@H]2C=C[C@H](CO)O2)c(=O)nc1N.Cc1cn([C@H]2C=C[C@@H](CO)O2)c(=O)[nH]c1=O. The minimum Gasteiger partial charge on any atom is -0.462 e. The van der Waals surface area contributed by atoms with Gasteiger partial charge in [0.1, 0.15) is 30.2 Å². The largest absolute Gasteiger partial charge is 0.462 e. The number of esters is 1. The summed E-state index contributed by atoms with van der Waals surface area (Å²) in [4.78, 5) is 100. The Balaban J connectivity index is 0.000000246. The summed E-state index contributed by atoms with van der Waals surface area (Å²) in [6, 6.07) is 0. The van der Waals surface area contributed by atoms with Crippen LogP contribution >= 0.6 is 0 Å². The van der Waals surface area contributed by atoms with Gasteiger partial charge in [-0.2, -0.15) is 4.98 Å². The molecule has 25 heteroatoms. The number of aromatic amines is 3. The molecule has 406 valence electrons. The van der Waals surface area contributed by atoms with Crippen LogP contribution < -0.4 is 45.2 Å². The zero-order chi connectivity index (χ0) is 52.8. The topological polar surface area (TPSA) is 349 Å². The molecule has 4 aromatic rings. The first-order valence-corrected chi connectivity index (χ1v) is 23.0. The van der Waals surface area contributed by atoms with Gasteiger partial charge in [-0.1, -0.05) is 53.0 Å². The molecule has 25 nitrogen and oxygen atoms in total. The number of carbonyl (C=O) groups is 1. The fourth-order valence-electron chi connectivity index (χ4n) is 7.09. The van der Waals surface area contributed by atoms with Gasteiger partial charge < -0.3 is 44.7 Å². The number of nitrogens with two attached hydrogens (primary N) is 1. The molecule has 1 fully saturated rings. The molecule has 0 saturated carbocycles. The minimum atomic E-state index is -0.569. The van der Waals surface area contributed by atoms with E-state index in [4.69, 9.17) is 44.7 Å². The second-order valence-electron chi connectivity index (χ2n) is 16.7. The van der Waals surface area contributed by atoms with Gasteiger partial charge in [-0.15, -0.1) is 0 Å².